The fourth-order valence-corrected chi connectivity index (χ4v) is 8.40. The number of ketones is 1. The molecule has 32 heavy (non-hydrogen) atoms. The summed E-state index contributed by atoms with van der Waals surface area (Å²) in [6, 6.07) is 0. The normalized spacial score (nSPS) is 44.2. The van der Waals surface area contributed by atoms with E-state index < -0.39 is 0 Å². The number of aldehydes is 1. The monoisotopic (exact) mass is 436 g/mol. The van der Waals surface area contributed by atoms with Gasteiger partial charge in [-0.3, -0.25) is 4.79 Å². The van der Waals surface area contributed by atoms with Crippen LogP contribution in [0, 0.1) is 40.4 Å². The first-order valence-corrected chi connectivity index (χ1v) is 12.5. The summed E-state index contributed by atoms with van der Waals surface area (Å²) in [6.45, 7) is 8.39. The van der Waals surface area contributed by atoms with Crippen molar-refractivity contribution in [1.29, 1.82) is 0 Å². The highest BCUT2D eigenvalue weighted by Crippen LogP contribution is 2.66. The van der Waals surface area contributed by atoms with E-state index in [0.717, 1.165) is 56.1 Å². The molecule has 4 nitrogen and oxygen atoms in total. The van der Waals surface area contributed by atoms with Gasteiger partial charge in [-0.15, -0.1) is 0 Å². The molecule has 1 aliphatic heterocycles. The van der Waals surface area contributed by atoms with Crippen molar-refractivity contribution in [2.45, 2.75) is 78.7 Å². The maximum absolute atomic E-state index is 12.8. The second kappa shape index (κ2) is 7.53. The van der Waals surface area contributed by atoms with Gasteiger partial charge in [0.15, 0.2) is 5.78 Å². The van der Waals surface area contributed by atoms with Crippen LogP contribution in [0.4, 0.5) is 0 Å². The minimum absolute atomic E-state index is 0.0477. The van der Waals surface area contributed by atoms with Crippen LogP contribution in [0.15, 0.2) is 34.9 Å². The number of cyclic esters (lactones) is 1. The van der Waals surface area contributed by atoms with E-state index in [-0.39, 0.29) is 40.5 Å². The molecule has 0 aromatic rings. The van der Waals surface area contributed by atoms with Gasteiger partial charge < -0.3 is 9.53 Å². The maximum atomic E-state index is 12.8. The van der Waals surface area contributed by atoms with Crippen molar-refractivity contribution >= 4 is 18.0 Å². The molecular formula is C28H36O4. The molecule has 5 aliphatic rings. The number of hydrogen-bond donors (Lipinski definition) is 0. The summed E-state index contributed by atoms with van der Waals surface area (Å²) in [5.74, 6) is 1.78. The zero-order valence-corrected chi connectivity index (χ0v) is 19.9. The Bertz CT molecular complexity index is 954. The Balaban J connectivity index is 1.42. The lowest BCUT2D eigenvalue weighted by Gasteiger charge is -2.57. The number of esters is 1. The highest BCUT2D eigenvalue weighted by atomic mass is 16.5. The summed E-state index contributed by atoms with van der Waals surface area (Å²) in [5.41, 5.74) is 2.80. The van der Waals surface area contributed by atoms with E-state index in [1.165, 1.54) is 11.9 Å². The molecule has 3 saturated carbocycles. The first-order chi connectivity index (χ1) is 15.2. The van der Waals surface area contributed by atoms with Gasteiger partial charge in [0, 0.05) is 22.8 Å². The van der Waals surface area contributed by atoms with Crippen molar-refractivity contribution in [2.75, 3.05) is 0 Å². The first-order valence-electron chi connectivity index (χ1n) is 12.5. The van der Waals surface area contributed by atoms with Gasteiger partial charge in [0.05, 0.1) is 0 Å². The number of carbonyl (C=O) groups is 3. The Morgan fingerprint density at radius 1 is 1.12 bits per heavy atom. The van der Waals surface area contributed by atoms with E-state index in [1.807, 2.05) is 19.9 Å². The van der Waals surface area contributed by atoms with E-state index >= 15 is 0 Å². The standard InChI is InChI=1S/C28H36O4/c1-16-13-25(32-26(31)17(16)2)18(3)22-7-8-24-21-6-5-19-14-20(30)9-11-27(19,4)23(21)10-12-28(22,24)15-29/h9,11,14-15,18,21-25H,5-8,10,12-13H2,1-4H3/t18-,21+,22+,23-,24-,25+,27-,28-/m0/s1. The molecule has 0 saturated heterocycles. The van der Waals surface area contributed by atoms with Crippen LogP contribution in [0.25, 0.3) is 0 Å². The van der Waals surface area contributed by atoms with Crippen molar-refractivity contribution in [3.8, 4) is 0 Å². The molecule has 3 fully saturated rings. The lowest BCUT2D eigenvalue weighted by Crippen LogP contribution is -2.52. The number of hydrogen-bond acceptors (Lipinski definition) is 4. The maximum Gasteiger partial charge on any atom is 0.333 e. The molecule has 8 atom stereocenters. The number of rotatable bonds is 3. The molecule has 0 bridgehead atoms. The highest BCUT2D eigenvalue weighted by Gasteiger charge is 2.62. The fourth-order valence-electron chi connectivity index (χ4n) is 8.40. The van der Waals surface area contributed by atoms with E-state index in [2.05, 4.69) is 19.9 Å². The van der Waals surface area contributed by atoms with Crippen molar-refractivity contribution < 1.29 is 19.1 Å². The zero-order chi connectivity index (χ0) is 22.8. The molecule has 0 aromatic carbocycles. The summed E-state index contributed by atoms with van der Waals surface area (Å²) in [5, 5.41) is 0. The second-order valence-electron chi connectivity index (χ2n) is 11.5. The number of fused-ring (bicyclic) bond motifs is 5. The van der Waals surface area contributed by atoms with E-state index in [9.17, 15) is 14.4 Å². The van der Waals surface area contributed by atoms with Crippen LogP contribution in [0.2, 0.25) is 0 Å². The quantitative estimate of drug-likeness (QED) is 0.440. The Kier molecular flexibility index (Phi) is 5.14. The van der Waals surface area contributed by atoms with Crippen LogP contribution in [0.3, 0.4) is 0 Å². The van der Waals surface area contributed by atoms with Gasteiger partial charge in [-0.25, -0.2) is 4.79 Å². The molecule has 0 radical (unpaired) electrons. The van der Waals surface area contributed by atoms with Crippen LogP contribution in [-0.2, 0) is 19.1 Å². The van der Waals surface area contributed by atoms with Gasteiger partial charge in [-0.2, -0.15) is 0 Å². The van der Waals surface area contributed by atoms with Crippen LogP contribution in [0.5, 0.6) is 0 Å². The van der Waals surface area contributed by atoms with Crippen LogP contribution >= 0.6 is 0 Å². The van der Waals surface area contributed by atoms with Gasteiger partial charge in [0.25, 0.3) is 0 Å². The Hall–Kier alpha value is -1.97. The molecule has 0 spiro atoms. The topological polar surface area (TPSA) is 60.4 Å². The Morgan fingerprint density at radius 3 is 2.62 bits per heavy atom. The van der Waals surface area contributed by atoms with E-state index in [1.54, 1.807) is 6.08 Å². The Morgan fingerprint density at radius 2 is 1.91 bits per heavy atom. The summed E-state index contributed by atoms with van der Waals surface area (Å²) < 4.78 is 5.85. The average molecular weight is 437 g/mol. The molecule has 4 aliphatic carbocycles. The predicted octanol–water partition coefficient (Wildman–Crippen LogP) is 5.38. The third-order valence-electron chi connectivity index (χ3n) is 10.4. The van der Waals surface area contributed by atoms with Crippen LogP contribution < -0.4 is 0 Å². The van der Waals surface area contributed by atoms with Crippen LogP contribution in [-0.4, -0.2) is 24.1 Å². The van der Waals surface area contributed by atoms with Crippen molar-refractivity contribution in [3.05, 3.63) is 34.9 Å². The van der Waals surface area contributed by atoms with Gasteiger partial charge in [0.1, 0.15) is 12.4 Å². The molecular weight excluding hydrogens is 400 g/mol. The number of ether oxygens (including phenoxy) is 1. The molecule has 172 valence electrons. The fraction of sp³-hybridized carbons (Fsp3) is 0.679. The van der Waals surface area contributed by atoms with Crippen LogP contribution in [0.1, 0.15) is 72.6 Å². The molecule has 5 rings (SSSR count). The molecule has 0 aromatic heterocycles. The number of carbonyl (C=O) groups excluding carboxylic acids is 3. The van der Waals surface area contributed by atoms with Crippen molar-refractivity contribution in [3.63, 3.8) is 0 Å². The minimum Gasteiger partial charge on any atom is -0.458 e. The third-order valence-corrected chi connectivity index (χ3v) is 10.4. The van der Waals surface area contributed by atoms with Gasteiger partial charge >= 0.3 is 5.97 Å². The number of allylic oxidation sites excluding steroid dienone is 4. The zero-order valence-electron chi connectivity index (χ0n) is 19.9. The SMILES string of the molecule is CC1=C(C)C(=O)O[C@@H]([C@@H](C)[C@H]2CC[C@H]3[C@@H]4CCC5=CC(=O)C=C[C@]5(C)[C@H]4CC[C@]23C=O)C1. The van der Waals surface area contributed by atoms with Gasteiger partial charge in [0.2, 0.25) is 0 Å². The predicted molar refractivity (Wildman–Crippen MR) is 123 cm³/mol. The second-order valence-corrected chi connectivity index (χ2v) is 11.5. The first kappa shape index (κ1) is 21.9. The summed E-state index contributed by atoms with van der Waals surface area (Å²) in [7, 11) is 0. The molecule has 4 heteroatoms. The smallest absolute Gasteiger partial charge is 0.333 e. The summed E-state index contributed by atoms with van der Waals surface area (Å²) in [6.07, 6.45) is 13.8. The lowest BCUT2D eigenvalue weighted by molar-refractivity contribution is -0.152. The molecule has 0 N–H and O–H groups in total. The Labute approximate surface area is 191 Å². The molecule has 0 unspecified atom stereocenters. The highest BCUT2D eigenvalue weighted by molar-refractivity contribution is 6.01. The average Bonchev–Trinajstić information content (AvgIpc) is 3.17. The van der Waals surface area contributed by atoms with Gasteiger partial charge in [-0.1, -0.05) is 31.1 Å². The summed E-state index contributed by atoms with van der Waals surface area (Å²) >= 11 is 0. The third kappa shape index (κ3) is 2.97. The van der Waals surface area contributed by atoms with Gasteiger partial charge in [-0.05, 0) is 94.1 Å². The van der Waals surface area contributed by atoms with E-state index in [4.69, 9.17) is 4.74 Å². The van der Waals surface area contributed by atoms with Crippen molar-refractivity contribution in [1.82, 2.24) is 0 Å². The minimum atomic E-state index is -0.303. The molecule has 1 heterocycles. The largest absolute Gasteiger partial charge is 0.458 e. The van der Waals surface area contributed by atoms with E-state index in [0.29, 0.717) is 17.8 Å². The lowest BCUT2D eigenvalue weighted by atomic mass is 9.47. The van der Waals surface area contributed by atoms with Crippen molar-refractivity contribution in [2.24, 2.45) is 40.4 Å². The summed E-state index contributed by atoms with van der Waals surface area (Å²) in [4.78, 5) is 37.2. The molecule has 0 amide bonds.